The summed E-state index contributed by atoms with van der Waals surface area (Å²) in [4.78, 5) is 9.28. The molecule has 0 fully saturated rings. The summed E-state index contributed by atoms with van der Waals surface area (Å²) >= 11 is 1.75. The van der Waals surface area contributed by atoms with E-state index in [-0.39, 0.29) is 5.41 Å². The van der Waals surface area contributed by atoms with Gasteiger partial charge >= 0.3 is 0 Å². The van der Waals surface area contributed by atoms with Crippen LogP contribution in [0.25, 0.3) is 0 Å². The highest BCUT2D eigenvalue weighted by molar-refractivity contribution is 7.09. The molecule has 0 aliphatic rings. The lowest BCUT2D eigenvalue weighted by atomic mass is 9.93. The summed E-state index contributed by atoms with van der Waals surface area (Å²) in [5.41, 5.74) is 1.32. The first-order valence-corrected chi connectivity index (χ1v) is 8.68. The number of guanidine groups is 1. The molecule has 0 saturated heterocycles. The SMILES string of the molecule is CCNC(=NCC(C)C)NCCc1nc(C(C)(C)C)cs1. The smallest absolute Gasteiger partial charge is 0.191 e. The van der Waals surface area contributed by atoms with E-state index in [1.54, 1.807) is 11.3 Å². The number of aliphatic imine (C=N–C) groups is 1. The van der Waals surface area contributed by atoms with Gasteiger partial charge < -0.3 is 10.6 Å². The second-order valence-corrected chi connectivity index (χ2v) is 7.61. The van der Waals surface area contributed by atoms with Crippen LogP contribution in [-0.4, -0.2) is 30.6 Å². The lowest BCUT2D eigenvalue weighted by Gasteiger charge is -2.14. The molecule has 0 spiro atoms. The van der Waals surface area contributed by atoms with E-state index in [1.165, 1.54) is 10.7 Å². The number of thiazole rings is 1. The quantitative estimate of drug-likeness (QED) is 0.626. The molecule has 0 aliphatic carbocycles. The number of hydrogen-bond donors (Lipinski definition) is 2. The zero-order valence-electron chi connectivity index (χ0n) is 14.3. The Hall–Kier alpha value is -1.10. The van der Waals surface area contributed by atoms with E-state index in [1.807, 2.05) is 0 Å². The minimum atomic E-state index is 0.135. The summed E-state index contributed by atoms with van der Waals surface area (Å²) in [7, 11) is 0. The van der Waals surface area contributed by atoms with Gasteiger partial charge in [0.2, 0.25) is 0 Å². The molecular weight excluding hydrogens is 280 g/mol. The van der Waals surface area contributed by atoms with Gasteiger partial charge in [-0.05, 0) is 12.8 Å². The minimum absolute atomic E-state index is 0.135. The first-order valence-electron chi connectivity index (χ1n) is 7.80. The highest BCUT2D eigenvalue weighted by atomic mass is 32.1. The van der Waals surface area contributed by atoms with Crippen LogP contribution >= 0.6 is 11.3 Å². The summed E-state index contributed by atoms with van der Waals surface area (Å²) < 4.78 is 0. The lowest BCUT2D eigenvalue weighted by molar-refractivity contribution is 0.570. The molecule has 1 heterocycles. The Morgan fingerprint density at radius 3 is 2.57 bits per heavy atom. The maximum Gasteiger partial charge on any atom is 0.191 e. The Bertz CT molecular complexity index is 443. The second-order valence-electron chi connectivity index (χ2n) is 6.67. The van der Waals surface area contributed by atoms with Crippen LogP contribution in [0.15, 0.2) is 10.4 Å². The van der Waals surface area contributed by atoms with Crippen molar-refractivity contribution in [1.29, 1.82) is 0 Å². The van der Waals surface area contributed by atoms with Crippen LogP contribution in [0.5, 0.6) is 0 Å². The molecule has 0 unspecified atom stereocenters. The van der Waals surface area contributed by atoms with Gasteiger partial charge in [-0.25, -0.2) is 4.98 Å². The maximum atomic E-state index is 4.72. The molecule has 5 heteroatoms. The Kier molecular flexibility index (Phi) is 7.15. The summed E-state index contributed by atoms with van der Waals surface area (Å²) in [5.74, 6) is 1.48. The third-order valence-electron chi connectivity index (χ3n) is 2.91. The lowest BCUT2D eigenvalue weighted by Crippen LogP contribution is -2.38. The molecule has 1 aromatic heterocycles. The van der Waals surface area contributed by atoms with Gasteiger partial charge in [0.25, 0.3) is 0 Å². The molecule has 0 bridgehead atoms. The van der Waals surface area contributed by atoms with Crippen molar-refractivity contribution in [3.8, 4) is 0 Å². The van der Waals surface area contributed by atoms with Gasteiger partial charge in [-0.15, -0.1) is 11.3 Å². The second kappa shape index (κ2) is 8.37. The Morgan fingerprint density at radius 2 is 2.05 bits per heavy atom. The third-order valence-corrected chi connectivity index (χ3v) is 3.82. The number of aromatic nitrogens is 1. The fraction of sp³-hybridized carbons (Fsp3) is 0.750. The van der Waals surface area contributed by atoms with Crippen molar-refractivity contribution in [3.05, 3.63) is 16.1 Å². The van der Waals surface area contributed by atoms with E-state index in [2.05, 4.69) is 62.5 Å². The van der Waals surface area contributed by atoms with Crippen LogP contribution in [0, 0.1) is 5.92 Å². The molecule has 0 aromatic carbocycles. The first kappa shape index (κ1) is 18.0. The summed E-state index contributed by atoms with van der Waals surface area (Å²) in [6, 6.07) is 0. The molecule has 0 saturated carbocycles. The number of rotatable bonds is 6. The van der Waals surface area contributed by atoms with Gasteiger partial charge in [0.05, 0.1) is 10.7 Å². The van der Waals surface area contributed by atoms with Crippen LogP contribution in [0.3, 0.4) is 0 Å². The largest absolute Gasteiger partial charge is 0.357 e. The van der Waals surface area contributed by atoms with Crippen LogP contribution in [0.1, 0.15) is 52.2 Å². The average molecular weight is 311 g/mol. The fourth-order valence-corrected chi connectivity index (χ4v) is 2.70. The minimum Gasteiger partial charge on any atom is -0.357 e. The monoisotopic (exact) mass is 310 g/mol. The van der Waals surface area contributed by atoms with Crippen molar-refractivity contribution >= 4 is 17.3 Å². The normalized spacial score (nSPS) is 12.8. The summed E-state index contributed by atoms with van der Waals surface area (Å²) in [5, 5.41) is 10.0. The maximum absolute atomic E-state index is 4.72. The number of nitrogens with zero attached hydrogens (tertiary/aromatic N) is 2. The topological polar surface area (TPSA) is 49.3 Å². The molecule has 4 nitrogen and oxygen atoms in total. The first-order chi connectivity index (χ1) is 9.82. The van der Waals surface area contributed by atoms with Crippen LogP contribution in [0.4, 0.5) is 0 Å². The van der Waals surface area contributed by atoms with Gasteiger partial charge in [0.1, 0.15) is 0 Å². The number of hydrogen-bond acceptors (Lipinski definition) is 3. The predicted octanol–water partition coefficient (Wildman–Crippen LogP) is 3.19. The highest BCUT2D eigenvalue weighted by Crippen LogP contribution is 2.23. The molecule has 1 rings (SSSR count). The van der Waals surface area contributed by atoms with Crippen molar-refractivity contribution in [2.24, 2.45) is 10.9 Å². The van der Waals surface area contributed by atoms with Gasteiger partial charge in [-0.3, -0.25) is 4.99 Å². The molecular formula is C16H30N4S. The zero-order chi connectivity index (χ0) is 15.9. The number of nitrogens with one attached hydrogen (secondary N) is 2. The molecule has 1 aromatic rings. The Labute approximate surface area is 133 Å². The molecule has 120 valence electrons. The highest BCUT2D eigenvalue weighted by Gasteiger charge is 2.17. The Balaban J connectivity index is 2.46. The molecule has 0 amide bonds. The van der Waals surface area contributed by atoms with Crippen molar-refractivity contribution < 1.29 is 0 Å². The Morgan fingerprint density at radius 1 is 1.33 bits per heavy atom. The van der Waals surface area contributed by atoms with Gasteiger partial charge in [0.15, 0.2) is 5.96 Å². The van der Waals surface area contributed by atoms with E-state index in [4.69, 9.17) is 4.98 Å². The van der Waals surface area contributed by atoms with E-state index in [0.717, 1.165) is 32.0 Å². The van der Waals surface area contributed by atoms with Crippen LogP contribution in [0.2, 0.25) is 0 Å². The standard InChI is InChI=1S/C16H30N4S/c1-7-17-15(19-10-12(2)3)18-9-8-14-20-13(11-21-14)16(4,5)6/h11-12H,7-10H2,1-6H3,(H2,17,18,19). The predicted molar refractivity (Wildman–Crippen MR) is 93.3 cm³/mol. The van der Waals surface area contributed by atoms with Gasteiger partial charge in [-0.2, -0.15) is 0 Å². The van der Waals surface area contributed by atoms with E-state index in [9.17, 15) is 0 Å². The van der Waals surface area contributed by atoms with Crippen molar-refractivity contribution in [1.82, 2.24) is 15.6 Å². The summed E-state index contributed by atoms with van der Waals surface area (Å²) in [6.07, 6.45) is 0.937. The average Bonchev–Trinajstić information content (AvgIpc) is 2.84. The molecule has 0 radical (unpaired) electrons. The molecule has 0 aliphatic heterocycles. The molecule has 2 N–H and O–H groups in total. The molecule has 0 atom stereocenters. The van der Waals surface area contributed by atoms with Crippen LogP contribution in [-0.2, 0) is 11.8 Å². The molecule has 21 heavy (non-hydrogen) atoms. The zero-order valence-corrected chi connectivity index (χ0v) is 15.1. The van der Waals surface area contributed by atoms with Crippen molar-refractivity contribution in [2.75, 3.05) is 19.6 Å². The van der Waals surface area contributed by atoms with Crippen LogP contribution < -0.4 is 10.6 Å². The summed E-state index contributed by atoms with van der Waals surface area (Å²) in [6.45, 7) is 15.6. The van der Waals surface area contributed by atoms with Crippen molar-refractivity contribution in [3.63, 3.8) is 0 Å². The fourth-order valence-electron chi connectivity index (χ4n) is 1.67. The van der Waals surface area contributed by atoms with E-state index in [0.29, 0.717) is 5.92 Å². The van der Waals surface area contributed by atoms with E-state index < -0.39 is 0 Å². The van der Waals surface area contributed by atoms with Crippen molar-refractivity contribution in [2.45, 2.75) is 53.4 Å². The third kappa shape index (κ3) is 6.93. The van der Waals surface area contributed by atoms with Gasteiger partial charge in [0, 0.05) is 36.9 Å². The van der Waals surface area contributed by atoms with E-state index >= 15 is 0 Å². The van der Waals surface area contributed by atoms with Gasteiger partial charge in [-0.1, -0.05) is 34.6 Å².